The molecule has 5 heteroatoms. The van der Waals surface area contributed by atoms with Gasteiger partial charge in [-0.05, 0) is 24.1 Å². The number of fused-ring (bicyclic) bond motifs is 1. The highest BCUT2D eigenvalue weighted by Crippen LogP contribution is 2.31. The van der Waals surface area contributed by atoms with E-state index in [0.717, 1.165) is 23.1 Å². The SMILES string of the molecule is O=C([C@@H]1COCCO1)N1CCc2ccc(Br)cc21. The molecular formula is C13H14BrNO3. The Morgan fingerprint density at radius 1 is 1.39 bits per heavy atom. The molecule has 2 aliphatic rings. The minimum Gasteiger partial charge on any atom is -0.376 e. The van der Waals surface area contributed by atoms with Gasteiger partial charge in [0.1, 0.15) is 0 Å². The van der Waals surface area contributed by atoms with Gasteiger partial charge in [0.05, 0.1) is 19.8 Å². The first kappa shape index (κ1) is 12.1. The minimum atomic E-state index is -0.455. The molecule has 18 heavy (non-hydrogen) atoms. The number of rotatable bonds is 1. The lowest BCUT2D eigenvalue weighted by atomic mass is 10.2. The van der Waals surface area contributed by atoms with Gasteiger partial charge in [0.15, 0.2) is 6.10 Å². The third kappa shape index (κ3) is 2.18. The lowest BCUT2D eigenvalue weighted by molar-refractivity contribution is -0.144. The zero-order chi connectivity index (χ0) is 12.5. The molecule has 0 spiro atoms. The molecule has 0 bridgehead atoms. The van der Waals surface area contributed by atoms with Crippen LogP contribution in [-0.2, 0) is 20.7 Å². The van der Waals surface area contributed by atoms with Crippen LogP contribution >= 0.6 is 15.9 Å². The zero-order valence-electron chi connectivity index (χ0n) is 9.89. The summed E-state index contributed by atoms with van der Waals surface area (Å²) in [4.78, 5) is 14.2. The summed E-state index contributed by atoms with van der Waals surface area (Å²) in [6.07, 6.45) is 0.450. The Labute approximate surface area is 114 Å². The van der Waals surface area contributed by atoms with E-state index in [1.54, 1.807) is 4.90 Å². The van der Waals surface area contributed by atoms with Gasteiger partial charge in [0.25, 0.3) is 5.91 Å². The predicted octanol–water partition coefficient (Wildman–Crippen LogP) is 1.75. The third-order valence-electron chi connectivity index (χ3n) is 3.30. The third-order valence-corrected chi connectivity index (χ3v) is 3.79. The van der Waals surface area contributed by atoms with Crippen molar-refractivity contribution in [2.75, 3.05) is 31.3 Å². The number of halogens is 1. The Kier molecular flexibility index (Phi) is 3.37. The molecule has 1 amide bonds. The molecule has 0 N–H and O–H groups in total. The van der Waals surface area contributed by atoms with Gasteiger partial charge in [-0.15, -0.1) is 0 Å². The summed E-state index contributed by atoms with van der Waals surface area (Å²) in [7, 11) is 0. The fourth-order valence-corrected chi connectivity index (χ4v) is 2.73. The topological polar surface area (TPSA) is 38.8 Å². The average molecular weight is 312 g/mol. The number of hydrogen-bond donors (Lipinski definition) is 0. The first-order valence-electron chi connectivity index (χ1n) is 6.05. The second kappa shape index (κ2) is 4.99. The van der Waals surface area contributed by atoms with E-state index in [1.165, 1.54) is 5.56 Å². The second-order valence-corrected chi connectivity index (χ2v) is 5.36. The van der Waals surface area contributed by atoms with E-state index >= 15 is 0 Å². The number of carbonyl (C=O) groups excluding carboxylic acids is 1. The van der Waals surface area contributed by atoms with Gasteiger partial charge < -0.3 is 14.4 Å². The zero-order valence-corrected chi connectivity index (χ0v) is 11.5. The van der Waals surface area contributed by atoms with Crippen LogP contribution in [0.5, 0.6) is 0 Å². The van der Waals surface area contributed by atoms with Crippen LogP contribution in [0, 0.1) is 0 Å². The largest absolute Gasteiger partial charge is 0.376 e. The maximum atomic E-state index is 12.4. The fourth-order valence-electron chi connectivity index (χ4n) is 2.39. The van der Waals surface area contributed by atoms with Gasteiger partial charge in [0.2, 0.25) is 0 Å². The average Bonchev–Trinajstić information content (AvgIpc) is 2.82. The molecule has 1 aromatic carbocycles. The highest BCUT2D eigenvalue weighted by Gasteiger charge is 2.32. The molecule has 1 fully saturated rings. The summed E-state index contributed by atoms with van der Waals surface area (Å²) >= 11 is 3.44. The van der Waals surface area contributed by atoms with Crippen LogP contribution in [0.4, 0.5) is 5.69 Å². The van der Waals surface area contributed by atoms with Gasteiger partial charge >= 0.3 is 0 Å². The van der Waals surface area contributed by atoms with Crippen LogP contribution in [-0.4, -0.2) is 38.4 Å². The number of anilines is 1. The van der Waals surface area contributed by atoms with Gasteiger partial charge in [-0.3, -0.25) is 4.79 Å². The Hall–Kier alpha value is -0.910. The minimum absolute atomic E-state index is 0.00606. The van der Waals surface area contributed by atoms with Crippen LogP contribution < -0.4 is 4.90 Å². The molecule has 2 aliphatic heterocycles. The number of carbonyl (C=O) groups is 1. The van der Waals surface area contributed by atoms with E-state index in [9.17, 15) is 4.79 Å². The van der Waals surface area contributed by atoms with Gasteiger partial charge in [0, 0.05) is 16.7 Å². The molecule has 0 unspecified atom stereocenters. The smallest absolute Gasteiger partial charge is 0.258 e. The van der Waals surface area contributed by atoms with Gasteiger partial charge in [-0.2, -0.15) is 0 Å². The number of ether oxygens (including phenoxy) is 2. The Balaban J connectivity index is 1.82. The van der Waals surface area contributed by atoms with E-state index in [-0.39, 0.29) is 5.91 Å². The quantitative estimate of drug-likeness (QED) is 0.793. The molecule has 1 aromatic rings. The Bertz CT molecular complexity index is 471. The van der Waals surface area contributed by atoms with E-state index in [0.29, 0.717) is 19.8 Å². The van der Waals surface area contributed by atoms with Crippen LogP contribution in [0.2, 0.25) is 0 Å². The standard InChI is InChI=1S/C13H14BrNO3/c14-10-2-1-9-3-4-15(11(9)7-10)13(16)12-8-17-5-6-18-12/h1-2,7,12H,3-6,8H2/t12-/m0/s1. The number of amides is 1. The summed E-state index contributed by atoms with van der Waals surface area (Å²) in [5.74, 6) is 0.00606. The van der Waals surface area contributed by atoms with Gasteiger partial charge in [-0.25, -0.2) is 0 Å². The van der Waals surface area contributed by atoms with E-state index < -0.39 is 6.10 Å². The van der Waals surface area contributed by atoms with E-state index in [4.69, 9.17) is 9.47 Å². The Morgan fingerprint density at radius 2 is 2.28 bits per heavy atom. The van der Waals surface area contributed by atoms with Crippen LogP contribution in [0.3, 0.4) is 0 Å². The lowest BCUT2D eigenvalue weighted by Gasteiger charge is -2.27. The molecule has 2 heterocycles. The fraction of sp³-hybridized carbons (Fsp3) is 0.462. The normalized spacial score (nSPS) is 22.9. The molecule has 0 aliphatic carbocycles. The second-order valence-electron chi connectivity index (χ2n) is 4.45. The van der Waals surface area contributed by atoms with Gasteiger partial charge in [-0.1, -0.05) is 22.0 Å². The van der Waals surface area contributed by atoms with Crippen molar-refractivity contribution in [2.24, 2.45) is 0 Å². The highest BCUT2D eigenvalue weighted by atomic mass is 79.9. The van der Waals surface area contributed by atoms with E-state index in [1.807, 2.05) is 12.1 Å². The monoisotopic (exact) mass is 311 g/mol. The molecule has 96 valence electrons. The van der Waals surface area contributed by atoms with Crippen molar-refractivity contribution in [3.63, 3.8) is 0 Å². The molecule has 4 nitrogen and oxygen atoms in total. The molecule has 0 saturated carbocycles. The summed E-state index contributed by atoms with van der Waals surface area (Å²) in [5, 5.41) is 0. The summed E-state index contributed by atoms with van der Waals surface area (Å²) < 4.78 is 11.7. The Morgan fingerprint density at radius 3 is 3.06 bits per heavy atom. The van der Waals surface area contributed by atoms with Crippen LogP contribution in [0.1, 0.15) is 5.56 Å². The molecule has 1 saturated heterocycles. The molecule has 1 atom stereocenters. The molecule has 3 rings (SSSR count). The van der Waals surface area contributed by atoms with Crippen molar-refractivity contribution < 1.29 is 14.3 Å². The van der Waals surface area contributed by atoms with Crippen LogP contribution in [0.25, 0.3) is 0 Å². The van der Waals surface area contributed by atoms with Crippen molar-refractivity contribution in [3.8, 4) is 0 Å². The number of hydrogen-bond acceptors (Lipinski definition) is 3. The molecule has 0 aromatic heterocycles. The highest BCUT2D eigenvalue weighted by molar-refractivity contribution is 9.10. The summed E-state index contributed by atoms with van der Waals surface area (Å²) in [6, 6.07) is 6.06. The molecular weight excluding hydrogens is 298 g/mol. The number of nitrogens with zero attached hydrogens (tertiary/aromatic N) is 1. The molecule has 0 radical (unpaired) electrons. The summed E-state index contributed by atoms with van der Waals surface area (Å²) in [6.45, 7) is 2.16. The van der Waals surface area contributed by atoms with Crippen molar-refractivity contribution in [1.82, 2.24) is 0 Å². The first-order valence-corrected chi connectivity index (χ1v) is 6.84. The maximum Gasteiger partial charge on any atom is 0.258 e. The van der Waals surface area contributed by atoms with Crippen LogP contribution in [0.15, 0.2) is 22.7 Å². The maximum absolute atomic E-state index is 12.4. The van der Waals surface area contributed by atoms with Crippen molar-refractivity contribution in [2.45, 2.75) is 12.5 Å². The lowest BCUT2D eigenvalue weighted by Crippen LogP contribution is -2.44. The van der Waals surface area contributed by atoms with E-state index in [2.05, 4.69) is 22.0 Å². The summed E-state index contributed by atoms with van der Waals surface area (Å²) in [5.41, 5.74) is 2.20. The first-order chi connectivity index (χ1) is 8.75. The number of benzene rings is 1. The van der Waals surface area contributed by atoms with Crippen molar-refractivity contribution in [3.05, 3.63) is 28.2 Å². The van der Waals surface area contributed by atoms with Crippen molar-refractivity contribution in [1.29, 1.82) is 0 Å². The predicted molar refractivity (Wildman–Crippen MR) is 70.8 cm³/mol. The van der Waals surface area contributed by atoms with Crippen molar-refractivity contribution >= 4 is 27.5 Å².